The number of hydrogen-bond acceptors (Lipinski definition) is 6. The van der Waals surface area contributed by atoms with Gasteiger partial charge < -0.3 is 15.2 Å². The van der Waals surface area contributed by atoms with Crippen LogP contribution in [0.25, 0.3) is 0 Å². The SMILES string of the molecule is CSCCC(N)c1nc(N2CCCCCC2)no1. The van der Waals surface area contributed by atoms with Gasteiger partial charge in [0.15, 0.2) is 0 Å². The van der Waals surface area contributed by atoms with E-state index in [0.717, 1.165) is 25.3 Å². The Labute approximate surface area is 112 Å². The van der Waals surface area contributed by atoms with Crippen LogP contribution in [0.2, 0.25) is 0 Å². The summed E-state index contributed by atoms with van der Waals surface area (Å²) in [6.45, 7) is 2.05. The number of nitrogens with zero attached hydrogens (tertiary/aromatic N) is 3. The molecule has 1 aromatic rings. The van der Waals surface area contributed by atoms with Crippen molar-refractivity contribution in [2.45, 2.75) is 38.1 Å². The molecule has 1 aliphatic rings. The monoisotopic (exact) mass is 270 g/mol. The number of hydrogen-bond donors (Lipinski definition) is 1. The van der Waals surface area contributed by atoms with Crippen molar-refractivity contribution in [3.05, 3.63) is 5.89 Å². The Morgan fingerprint density at radius 3 is 2.72 bits per heavy atom. The Kier molecular flexibility index (Phi) is 5.31. The lowest BCUT2D eigenvalue weighted by molar-refractivity contribution is 0.352. The molecule has 1 saturated heterocycles. The summed E-state index contributed by atoms with van der Waals surface area (Å²) in [5, 5.41) is 4.06. The molecule has 2 rings (SSSR count). The molecule has 0 amide bonds. The van der Waals surface area contributed by atoms with E-state index in [1.54, 1.807) is 11.8 Å². The van der Waals surface area contributed by atoms with Crippen molar-refractivity contribution in [3.63, 3.8) is 0 Å². The van der Waals surface area contributed by atoms with Crippen LogP contribution in [-0.4, -0.2) is 35.2 Å². The van der Waals surface area contributed by atoms with E-state index < -0.39 is 0 Å². The van der Waals surface area contributed by atoms with E-state index >= 15 is 0 Å². The Bertz CT molecular complexity index is 350. The van der Waals surface area contributed by atoms with Crippen molar-refractivity contribution >= 4 is 17.7 Å². The normalized spacial score (nSPS) is 18.7. The van der Waals surface area contributed by atoms with Gasteiger partial charge in [-0.05, 0) is 36.4 Å². The minimum absolute atomic E-state index is 0.134. The predicted molar refractivity (Wildman–Crippen MR) is 74.9 cm³/mol. The molecule has 5 nitrogen and oxygen atoms in total. The second-order valence-electron chi connectivity index (χ2n) is 4.72. The van der Waals surface area contributed by atoms with Gasteiger partial charge in [-0.15, -0.1) is 0 Å². The van der Waals surface area contributed by atoms with Crippen molar-refractivity contribution in [2.24, 2.45) is 5.73 Å². The lowest BCUT2D eigenvalue weighted by Crippen LogP contribution is -2.25. The highest BCUT2D eigenvalue weighted by molar-refractivity contribution is 7.98. The molecule has 0 radical (unpaired) electrons. The Hall–Kier alpha value is -0.750. The summed E-state index contributed by atoms with van der Waals surface area (Å²) >= 11 is 1.78. The summed E-state index contributed by atoms with van der Waals surface area (Å²) in [4.78, 5) is 6.65. The van der Waals surface area contributed by atoms with E-state index in [9.17, 15) is 0 Å². The molecule has 0 saturated carbocycles. The van der Waals surface area contributed by atoms with Crippen molar-refractivity contribution in [1.29, 1.82) is 0 Å². The number of nitrogens with two attached hydrogens (primary N) is 1. The van der Waals surface area contributed by atoms with Crippen LogP contribution < -0.4 is 10.6 Å². The first-order chi connectivity index (χ1) is 8.81. The maximum atomic E-state index is 6.03. The fourth-order valence-electron chi connectivity index (χ4n) is 2.15. The molecule has 1 atom stereocenters. The van der Waals surface area contributed by atoms with E-state index in [0.29, 0.717) is 11.8 Å². The quantitative estimate of drug-likeness (QED) is 0.884. The summed E-state index contributed by atoms with van der Waals surface area (Å²) in [5.74, 6) is 2.30. The molecule has 2 N–H and O–H groups in total. The van der Waals surface area contributed by atoms with E-state index in [-0.39, 0.29) is 6.04 Å². The maximum Gasteiger partial charge on any atom is 0.266 e. The molecular formula is C12H22N4OS. The first kappa shape index (κ1) is 13.7. The lowest BCUT2D eigenvalue weighted by Gasteiger charge is -2.16. The van der Waals surface area contributed by atoms with Gasteiger partial charge in [0.1, 0.15) is 0 Å². The van der Waals surface area contributed by atoms with Crippen LogP contribution in [0.15, 0.2) is 4.52 Å². The van der Waals surface area contributed by atoms with E-state index in [4.69, 9.17) is 10.3 Å². The number of thioether (sulfide) groups is 1. The highest BCUT2D eigenvalue weighted by Crippen LogP contribution is 2.20. The van der Waals surface area contributed by atoms with E-state index in [1.807, 2.05) is 0 Å². The van der Waals surface area contributed by atoms with E-state index in [1.165, 1.54) is 25.7 Å². The van der Waals surface area contributed by atoms with Gasteiger partial charge in [-0.3, -0.25) is 0 Å². The summed E-state index contributed by atoms with van der Waals surface area (Å²) in [6.07, 6.45) is 7.97. The fraction of sp³-hybridized carbons (Fsp3) is 0.833. The minimum Gasteiger partial charge on any atom is -0.338 e. The standard InChI is InChI=1S/C12H22N4OS/c1-18-9-6-10(13)11-14-12(15-17-11)16-7-4-2-3-5-8-16/h10H,2-9,13H2,1H3. The zero-order chi connectivity index (χ0) is 12.8. The van der Waals surface area contributed by atoms with Crippen LogP contribution in [0.4, 0.5) is 5.95 Å². The Morgan fingerprint density at radius 1 is 1.33 bits per heavy atom. The highest BCUT2D eigenvalue weighted by Gasteiger charge is 2.19. The first-order valence-electron chi connectivity index (χ1n) is 6.64. The summed E-state index contributed by atoms with van der Waals surface area (Å²) in [7, 11) is 0. The zero-order valence-electron chi connectivity index (χ0n) is 11.0. The third kappa shape index (κ3) is 3.62. The van der Waals surface area contributed by atoms with Crippen molar-refractivity contribution in [1.82, 2.24) is 10.1 Å². The predicted octanol–water partition coefficient (Wildman–Crippen LogP) is 2.20. The van der Waals surface area contributed by atoms with Crippen LogP contribution >= 0.6 is 11.8 Å². The summed E-state index contributed by atoms with van der Waals surface area (Å²) < 4.78 is 5.28. The molecule has 2 heterocycles. The van der Waals surface area contributed by atoms with Gasteiger partial charge in [-0.25, -0.2) is 0 Å². The molecule has 0 spiro atoms. The molecule has 0 bridgehead atoms. The second-order valence-corrected chi connectivity index (χ2v) is 5.71. The van der Waals surface area contributed by atoms with Crippen LogP contribution in [0.5, 0.6) is 0 Å². The highest BCUT2D eigenvalue weighted by atomic mass is 32.2. The first-order valence-corrected chi connectivity index (χ1v) is 8.03. The van der Waals surface area contributed by atoms with Crippen molar-refractivity contribution in [3.8, 4) is 0 Å². The molecule has 6 heteroatoms. The van der Waals surface area contributed by atoms with Gasteiger partial charge in [0, 0.05) is 13.1 Å². The molecular weight excluding hydrogens is 248 g/mol. The Morgan fingerprint density at radius 2 is 2.06 bits per heavy atom. The van der Waals surface area contributed by atoms with Crippen LogP contribution in [0.1, 0.15) is 44.0 Å². The molecule has 0 aromatic carbocycles. The van der Waals surface area contributed by atoms with Gasteiger partial charge >= 0.3 is 0 Å². The topological polar surface area (TPSA) is 68.2 Å². The summed E-state index contributed by atoms with van der Waals surface area (Å²) in [5.41, 5.74) is 6.03. The van der Waals surface area contributed by atoms with Crippen LogP contribution in [0, 0.1) is 0 Å². The number of rotatable bonds is 5. The fourth-order valence-corrected chi connectivity index (χ4v) is 2.63. The van der Waals surface area contributed by atoms with Crippen LogP contribution in [0.3, 0.4) is 0 Å². The molecule has 1 fully saturated rings. The minimum atomic E-state index is -0.134. The molecule has 18 heavy (non-hydrogen) atoms. The number of anilines is 1. The van der Waals surface area contributed by atoms with Gasteiger partial charge in [-0.2, -0.15) is 16.7 Å². The molecule has 1 aromatic heterocycles. The van der Waals surface area contributed by atoms with Gasteiger partial charge in [0.2, 0.25) is 5.89 Å². The zero-order valence-corrected chi connectivity index (χ0v) is 11.8. The Balaban J connectivity index is 1.95. The van der Waals surface area contributed by atoms with E-state index in [2.05, 4.69) is 21.3 Å². The van der Waals surface area contributed by atoms with Gasteiger partial charge in [-0.1, -0.05) is 12.8 Å². The average molecular weight is 270 g/mol. The molecule has 1 aliphatic heterocycles. The third-order valence-corrected chi connectivity index (χ3v) is 3.91. The molecule has 1 unspecified atom stereocenters. The lowest BCUT2D eigenvalue weighted by atomic mass is 10.2. The smallest absolute Gasteiger partial charge is 0.266 e. The summed E-state index contributed by atoms with van der Waals surface area (Å²) in [6, 6.07) is -0.134. The third-order valence-electron chi connectivity index (χ3n) is 3.27. The van der Waals surface area contributed by atoms with Gasteiger partial charge in [0.25, 0.3) is 5.95 Å². The van der Waals surface area contributed by atoms with Crippen LogP contribution in [-0.2, 0) is 0 Å². The second kappa shape index (κ2) is 6.99. The van der Waals surface area contributed by atoms with Gasteiger partial charge in [0.05, 0.1) is 6.04 Å². The van der Waals surface area contributed by atoms with Crippen molar-refractivity contribution < 1.29 is 4.52 Å². The average Bonchev–Trinajstić information content (AvgIpc) is 2.72. The maximum absolute atomic E-state index is 6.03. The molecule has 102 valence electrons. The largest absolute Gasteiger partial charge is 0.338 e. The molecule has 0 aliphatic carbocycles. The van der Waals surface area contributed by atoms with Crippen molar-refractivity contribution in [2.75, 3.05) is 30.0 Å². The number of aromatic nitrogens is 2.